The maximum Gasteiger partial charge on any atom is 0.239 e. The number of rotatable bonds is 8. The van der Waals surface area contributed by atoms with E-state index in [2.05, 4.69) is 4.98 Å². The molecule has 0 spiro atoms. The molecule has 0 saturated carbocycles. The molecule has 0 radical (unpaired) electrons. The zero-order valence-corrected chi connectivity index (χ0v) is 18.8. The summed E-state index contributed by atoms with van der Waals surface area (Å²) < 4.78 is 11.5. The molecule has 2 heterocycles. The second-order valence-corrected chi connectivity index (χ2v) is 8.65. The molecule has 0 saturated heterocycles. The number of pyridine rings is 1. The van der Waals surface area contributed by atoms with Gasteiger partial charge in [0, 0.05) is 17.2 Å². The lowest BCUT2D eigenvalue weighted by Crippen LogP contribution is -2.32. The Hall–Kier alpha value is -3.10. The molecule has 1 amide bonds. The van der Waals surface area contributed by atoms with Gasteiger partial charge < -0.3 is 9.47 Å². The van der Waals surface area contributed by atoms with Crippen molar-refractivity contribution in [1.29, 1.82) is 0 Å². The minimum atomic E-state index is -0.0301. The van der Waals surface area contributed by atoms with Crippen LogP contribution in [0.5, 0.6) is 11.5 Å². The SMILES string of the molecule is COc1ccc(SCC(=O)N(Cc2ccccn2)c2nc3cc(OC)ccc3s2)cc1. The number of hydrogen-bond donors (Lipinski definition) is 0. The Balaban J connectivity index is 1.58. The highest BCUT2D eigenvalue weighted by Gasteiger charge is 2.21. The highest BCUT2D eigenvalue weighted by atomic mass is 32.2. The number of hydrogen-bond acceptors (Lipinski definition) is 7. The third kappa shape index (κ3) is 5.15. The number of carbonyl (C=O) groups excluding carboxylic acids is 1. The van der Waals surface area contributed by atoms with Crippen LogP contribution in [0.1, 0.15) is 5.69 Å². The van der Waals surface area contributed by atoms with Crippen LogP contribution >= 0.6 is 23.1 Å². The van der Waals surface area contributed by atoms with E-state index in [1.807, 2.05) is 60.7 Å². The molecule has 0 aliphatic heterocycles. The maximum atomic E-state index is 13.2. The van der Waals surface area contributed by atoms with E-state index in [0.717, 1.165) is 32.3 Å². The normalized spacial score (nSPS) is 10.8. The van der Waals surface area contributed by atoms with Crippen molar-refractivity contribution in [3.8, 4) is 11.5 Å². The fourth-order valence-electron chi connectivity index (χ4n) is 2.95. The predicted molar refractivity (Wildman–Crippen MR) is 125 cm³/mol. The molecule has 6 nitrogen and oxygen atoms in total. The van der Waals surface area contributed by atoms with Gasteiger partial charge in [0.2, 0.25) is 5.91 Å². The predicted octanol–water partition coefficient (Wildman–Crippen LogP) is 5.03. The van der Waals surface area contributed by atoms with Crippen molar-refractivity contribution in [2.75, 3.05) is 24.9 Å². The largest absolute Gasteiger partial charge is 0.497 e. The highest BCUT2D eigenvalue weighted by molar-refractivity contribution is 8.00. The van der Waals surface area contributed by atoms with Crippen LogP contribution < -0.4 is 14.4 Å². The fourth-order valence-corrected chi connectivity index (χ4v) is 4.69. The smallest absolute Gasteiger partial charge is 0.239 e. The van der Waals surface area contributed by atoms with Crippen LogP contribution in [-0.4, -0.2) is 35.8 Å². The zero-order valence-electron chi connectivity index (χ0n) is 17.1. The summed E-state index contributed by atoms with van der Waals surface area (Å²) in [4.78, 5) is 25.0. The highest BCUT2D eigenvalue weighted by Crippen LogP contribution is 2.32. The van der Waals surface area contributed by atoms with Crippen LogP contribution in [-0.2, 0) is 11.3 Å². The van der Waals surface area contributed by atoms with Gasteiger partial charge >= 0.3 is 0 Å². The van der Waals surface area contributed by atoms with Crippen molar-refractivity contribution in [3.63, 3.8) is 0 Å². The number of amides is 1. The standard InChI is InChI=1S/C23H21N3O3S2/c1-28-17-6-9-19(10-7-17)30-15-22(27)26(14-16-5-3-4-12-24-16)23-25-20-13-18(29-2)8-11-21(20)31-23/h3-13H,14-15H2,1-2H3. The average molecular weight is 452 g/mol. The minimum absolute atomic E-state index is 0.0301. The minimum Gasteiger partial charge on any atom is -0.497 e. The number of benzene rings is 2. The van der Waals surface area contributed by atoms with Crippen LogP contribution in [0.15, 0.2) is 71.8 Å². The van der Waals surface area contributed by atoms with Gasteiger partial charge in [-0.05, 0) is 48.5 Å². The first kappa shape index (κ1) is 21.1. The van der Waals surface area contributed by atoms with E-state index in [9.17, 15) is 4.79 Å². The number of fused-ring (bicyclic) bond motifs is 1. The lowest BCUT2D eigenvalue weighted by atomic mass is 10.3. The number of aromatic nitrogens is 2. The van der Waals surface area contributed by atoms with Crippen LogP contribution in [0, 0.1) is 0 Å². The molecule has 158 valence electrons. The van der Waals surface area contributed by atoms with E-state index >= 15 is 0 Å². The fraction of sp³-hybridized carbons (Fsp3) is 0.174. The van der Waals surface area contributed by atoms with Gasteiger partial charge in [0.05, 0.1) is 42.4 Å². The first-order chi connectivity index (χ1) is 15.2. The molecule has 2 aromatic heterocycles. The van der Waals surface area contributed by atoms with E-state index in [1.54, 1.807) is 25.3 Å². The molecule has 0 aliphatic rings. The van der Waals surface area contributed by atoms with Crippen molar-refractivity contribution in [3.05, 3.63) is 72.6 Å². The summed E-state index contributed by atoms with van der Waals surface area (Å²) in [7, 11) is 3.26. The zero-order chi connectivity index (χ0) is 21.6. The molecular formula is C23H21N3O3S2. The molecule has 8 heteroatoms. The van der Waals surface area contributed by atoms with Crippen molar-refractivity contribution >= 4 is 44.4 Å². The van der Waals surface area contributed by atoms with Crippen LogP contribution in [0.3, 0.4) is 0 Å². The second-order valence-electron chi connectivity index (χ2n) is 6.60. The molecule has 0 atom stereocenters. The summed E-state index contributed by atoms with van der Waals surface area (Å²) in [6, 6.07) is 19.1. The Kier molecular flexibility index (Phi) is 6.69. The number of anilines is 1. The van der Waals surface area contributed by atoms with E-state index in [0.29, 0.717) is 17.4 Å². The Morgan fingerprint density at radius 1 is 1.03 bits per heavy atom. The molecule has 2 aromatic carbocycles. The van der Waals surface area contributed by atoms with E-state index < -0.39 is 0 Å². The van der Waals surface area contributed by atoms with Crippen molar-refractivity contribution < 1.29 is 14.3 Å². The van der Waals surface area contributed by atoms with E-state index in [4.69, 9.17) is 14.5 Å². The van der Waals surface area contributed by atoms with Crippen molar-refractivity contribution in [2.45, 2.75) is 11.4 Å². The maximum absolute atomic E-state index is 13.2. The van der Waals surface area contributed by atoms with E-state index in [1.165, 1.54) is 23.1 Å². The molecule has 4 rings (SSSR count). The summed E-state index contributed by atoms with van der Waals surface area (Å²) in [6.45, 7) is 0.361. The van der Waals surface area contributed by atoms with Crippen molar-refractivity contribution in [1.82, 2.24) is 9.97 Å². The molecular weight excluding hydrogens is 430 g/mol. The summed E-state index contributed by atoms with van der Waals surface area (Å²) >= 11 is 2.97. The second kappa shape index (κ2) is 9.80. The number of nitrogens with zero attached hydrogens (tertiary/aromatic N) is 3. The summed E-state index contributed by atoms with van der Waals surface area (Å²) in [5.41, 5.74) is 1.61. The third-order valence-electron chi connectivity index (χ3n) is 4.58. The average Bonchev–Trinajstić information content (AvgIpc) is 3.25. The summed E-state index contributed by atoms with van der Waals surface area (Å²) in [5.74, 6) is 1.79. The molecule has 0 aliphatic carbocycles. The number of ether oxygens (including phenoxy) is 2. The van der Waals surface area contributed by atoms with Gasteiger partial charge in [0.25, 0.3) is 0 Å². The number of thioether (sulfide) groups is 1. The van der Waals surface area contributed by atoms with Crippen molar-refractivity contribution in [2.24, 2.45) is 0 Å². The van der Waals surface area contributed by atoms with Gasteiger partial charge in [0.15, 0.2) is 5.13 Å². The van der Waals surface area contributed by atoms with Gasteiger partial charge in [-0.25, -0.2) is 4.98 Å². The Labute approximate surface area is 188 Å². The summed E-state index contributed by atoms with van der Waals surface area (Å²) in [5, 5.41) is 0.647. The quantitative estimate of drug-likeness (QED) is 0.350. The first-order valence-corrected chi connectivity index (χ1v) is 11.4. The van der Waals surface area contributed by atoms with Crippen LogP contribution in [0.4, 0.5) is 5.13 Å². The monoisotopic (exact) mass is 451 g/mol. The molecule has 4 aromatic rings. The lowest BCUT2D eigenvalue weighted by molar-refractivity contribution is -0.116. The number of methoxy groups -OCH3 is 2. The Morgan fingerprint density at radius 3 is 2.52 bits per heavy atom. The number of carbonyl (C=O) groups is 1. The first-order valence-electron chi connectivity index (χ1n) is 9.58. The van der Waals surface area contributed by atoms with Gasteiger partial charge in [-0.3, -0.25) is 14.7 Å². The molecule has 0 unspecified atom stereocenters. The topological polar surface area (TPSA) is 64.5 Å². The van der Waals surface area contributed by atoms with Gasteiger partial charge in [-0.15, -0.1) is 11.8 Å². The van der Waals surface area contributed by atoms with E-state index in [-0.39, 0.29) is 5.91 Å². The third-order valence-corrected chi connectivity index (χ3v) is 6.64. The van der Waals surface area contributed by atoms with Crippen LogP contribution in [0.25, 0.3) is 10.2 Å². The lowest BCUT2D eigenvalue weighted by Gasteiger charge is -2.19. The molecule has 0 bridgehead atoms. The van der Waals surface area contributed by atoms with Crippen LogP contribution in [0.2, 0.25) is 0 Å². The van der Waals surface area contributed by atoms with Gasteiger partial charge in [-0.2, -0.15) is 0 Å². The summed E-state index contributed by atoms with van der Waals surface area (Å²) in [6.07, 6.45) is 1.73. The van der Waals surface area contributed by atoms with Gasteiger partial charge in [0.1, 0.15) is 11.5 Å². The Morgan fingerprint density at radius 2 is 1.81 bits per heavy atom. The molecule has 0 fully saturated rings. The molecule has 0 N–H and O–H groups in total. The Bertz CT molecular complexity index is 1160. The molecule has 31 heavy (non-hydrogen) atoms. The number of thiazole rings is 1. The van der Waals surface area contributed by atoms with Gasteiger partial charge in [-0.1, -0.05) is 17.4 Å².